The number of piperazine rings is 1. The van der Waals surface area contributed by atoms with Crippen LogP contribution in [0.2, 0.25) is 0 Å². The van der Waals surface area contributed by atoms with Crippen LogP contribution in [-0.4, -0.2) is 60.9 Å². The van der Waals surface area contributed by atoms with Crippen LogP contribution in [-0.2, 0) is 9.59 Å². The van der Waals surface area contributed by atoms with Gasteiger partial charge in [-0.25, -0.2) is 0 Å². The monoisotopic (exact) mass is 355 g/mol. The van der Waals surface area contributed by atoms with Gasteiger partial charge in [-0.2, -0.15) is 0 Å². The van der Waals surface area contributed by atoms with Crippen molar-refractivity contribution in [2.45, 2.75) is 0 Å². The molecule has 0 spiro atoms. The molecule has 0 radical (unpaired) electrons. The molecule has 0 atom stereocenters. The SMILES string of the molecule is NCC(=O)N1CCN(C(=O)COc2ccc(Br)cc2)CC1. The zero-order valence-corrected chi connectivity index (χ0v) is 13.2. The Kier molecular flexibility index (Phi) is 5.58. The second kappa shape index (κ2) is 7.42. The van der Waals surface area contributed by atoms with E-state index in [1.807, 2.05) is 12.1 Å². The maximum atomic E-state index is 12.0. The molecule has 0 unspecified atom stereocenters. The maximum Gasteiger partial charge on any atom is 0.260 e. The largest absolute Gasteiger partial charge is 0.484 e. The molecule has 1 aromatic rings. The Balaban J connectivity index is 1.77. The Morgan fingerprint density at radius 3 is 2.10 bits per heavy atom. The van der Waals surface area contributed by atoms with E-state index in [-0.39, 0.29) is 25.0 Å². The number of amides is 2. The van der Waals surface area contributed by atoms with Gasteiger partial charge in [0.05, 0.1) is 6.54 Å². The molecule has 2 amide bonds. The van der Waals surface area contributed by atoms with E-state index in [0.29, 0.717) is 31.9 Å². The molecule has 1 saturated heterocycles. The second-order valence-electron chi connectivity index (χ2n) is 4.71. The zero-order chi connectivity index (χ0) is 15.2. The highest BCUT2D eigenvalue weighted by molar-refractivity contribution is 9.10. The first-order chi connectivity index (χ1) is 10.1. The molecule has 1 aliphatic rings. The first-order valence-corrected chi connectivity index (χ1v) is 7.53. The third kappa shape index (κ3) is 4.44. The summed E-state index contributed by atoms with van der Waals surface area (Å²) in [6, 6.07) is 7.32. The zero-order valence-electron chi connectivity index (χ0n) is 11.6. The van der Waals surface area contributed by atoms with Crippen molar-refractivity contribution < 1.29 is 14.3 Å². The summed E-state index contributed by atoms with van der Waals surface area (Å²) in [6.07, 6.45) is 0. The molecule has 21 heavy (non-hydrogen) atoms. The van der Waals surface area contributed by atoms with Crippen LogP contribution in [0.4, 0.5) is 0 Å². The number of nitrogens with two attached hydrogens (primary N) is 1. The number of carbonyl (C=O) groups excluding carboxylic acids is 2. The molecule has 1 aromatic carbocycles. The van der Waals surface area contributed by atoms with Crippen LogP contribution in [0.15, 0.2) is 28.7 Å². The lowest BCUT2D eigenvalue weighted by atomic mass is 10.3. The highest BCUT2D eigenvalue weighted by Crippen LogP contribution is 2.16. The van der Waals surface area contributed by atoms with Crippen molar-refractivity contribution in [2.75, 3.05) is 39.3 Å². The number of halogens is 1. The first kappa shape index (κ1) is 15.8. The molecule has 1 fully saturated rings. The van der Waals surface area contributed by atoms with Gasteiger partial charge in [-0.05, 0) is 24.3 Å². The van der Waals surface area contributed by atoms with Crippen molar-refractivity contribution >= 4 is 27.7 Å². The Labute approximate surface area is 132 Å². The Morgan fingerprint density at radius 1 is 1.05 bits per heavy atom. The van der Waals surface area contributed by atoms with E-state index in [1.165, 1.54) is 0 Å². The van der Waals surface area contributed by atoms with Crippen LogP contribution in [0.1, 0.15) is 0 Å². The lowest BCUT2D eigenvalue weighted by Crippen LogP contribution is -2.52. The predicted octanol–water partition coefficient (Wildman–Crippen LogP) is 0.457. The Bertz CT molecular complexity index is 499. The number of hydrogen-bond donors (Lipinski definition) is 1. The number of nitrogens with zero attached hydrogens (tertiary/aromatic N) is 2. The van der Waals surface area contributed by atoms with Gasteiger partial charge in [0, 0.05) is 30.7 Å². The third-order valence-corrected chi connectivity index (χ3v) is 3.86. The van der Waals surface area contributed by atoms with E-state index < -0.39 is 0 Å². The van der Waals surface area contributed by atoms with E-state index in [1.54, 1.807) is 21.9 Å². The second-order valence-corrected chi connectivity index (χ2v) is 5.62. The van der Waals surface area contributed by atoms with Gasteiger partial charge >= 0.3 is 0 Å². The summed E-state index contributed by atoms with van der Waals surface area (Å²) in [7, 11) is 0. The van der Waals surface area contributed by atoms with Crippen molar-refractivity contribution in [3.05, 3.63) is 28.7 Å². The molecule has 114 valence electrons. The third-order valence-electron chi connectivity index (χ3n) is 3.34. The fourth-order valence-electron chi connectivity index (χ4n) is 2.10. The van der Waals surface area contributed by atoms with Crippen molar-refractivity contribution in [1.29, 1.82) is 0 Å². The van der Waals surface area contributed by atoms with Crippen LogP contribution in [0.25, 0.3) is 0 Å². The minimum absolute atomic E-state index is 0.00642. The summed E-state index contributed by atoms with van der Waals surface area (Å²) in [6.45, 7) is 2.12. The molecule has 2 N–H and O–H groups in total. The molecule has 0 saturated carbocycles. The van der Waals surface area contributed by atoms with Crippen molar-refractivity contribution in [3.63, 3.8) is 0 Å². The van der Waals surface area contributed by atoms with E-state index in [9.17, 15) is 9.59 Å². The molecule has 0 aromatic heterocycles. The molecule has 0 bridgehead atoms. The summed E-state index contributed by atoms with van der Waals surface area (Å²) in [5.74, 6) is 0.509. The average molecular weight is 356 g/mol. The molecule has 0 aliphatic carbocycles. The summed E-state index contributed by atoms with van der Waals surface area (Å²) in [4.78, 5) is 26.9. The van der Waals surface area contributed by atoms with Gasteiger partial charge in [0.1, 0.15) is 5.75 Å². The van der Waals surface area contributed by atoms with E-state index in [4.69, 9.17) is 10.5 Å². The number of carbonyl (C=O) groups is 2. The van der Waals surface area contributed by atoms with Crippen LogP contribution in [0.5, 0.6) is 5.75 Å². The fraction of sp³-hybridized carbons (Fsp3) is 0.429. The first-order valence-electron chi connectivity index (χ1n) is 6.74. The topological polar surface area (TPSA) is 75.9 Å². The molecule has 2 rings (SSSR count). The van der Waals surface area contributed by atoms with Crippen LogP contribution >= 0.6 is 15.9 Å². The molecular weight excluding hydrogens is 338 g/mol. The number of benzene rings is 1. The van der Waals surface area contributed by atoms with Gasteiger partial charge < -0.3 is 20.3 Å². The number of hydrogen-bond acceptors (Lipinski definition) is 4. The minimum atomic E-state index is -0.0757. The maximum absolute atomic E-state index is 12.0. The summed E-state index contributed by atoms with van der Waals surface area (Å²) in [5, 5.41) is 0. The molecule has 7 heteroatoms. The van der Waals surface area contributed by atoms with Gasteiger partial charge in [0.2, 0.25) is 5.91 Å². The molecule has 6 nitrogen and oxygen atoms in total. The minimum Gasteiger partial charge on any atom is -0.484 e. The van der Waals surface area contributed by atoms with E-state index >= 15 is 0 Å². The summed E-state index contributed by atoms with van der Waals surface area (Å²) >= 11 is 3.34. The highest BCUT2D eigenvalue weighted by atomic mass is 79.9. The number of rotatable bonds is 4. The van der Waals surface area contributed by atoms with Gasteiger partial charge in [-0.3, -0.25) is 9.59 Å². The molecule has 1 aliphatic heterocycles. The van der Waals surface area contributed by atoms with E-state index in [2.05, 4.69) is 15.9 Å². The standard InChI is InChI=1S/C14H18BrN3O3/c15-11-1-3-12(4-2-11)21-10-14(20)18-7-5-17(6-8-18)13(19)9-16/h1-4H,5-10,16H2. The van der Waals surface area contributed by atoms with Gasteiger partial charge in [-0.15, -0.1) is 0 Å². The molecule has 1 heterocycles. The van der Waals surface area contributed by atoms with E-state index in [0.717, 1.165) is 4.47 Å². The highest BCUT2D eigenvalue weighted by Gasteiger charge is 2.23. The van der Waals surface area contributed by atoms with Crippen molar-refractivity contribution in [2.24, 2.45) is 5.73 Å². The molecular formula is C14H18BrN3O3. The Hall–Kier alpha value is -1.60. The predicted molar refractivity (Wildman–Crippen MR) is 81.9 cm³/mol. The van der Waals surface area contributed by atoms with Crippen LogP contribution in [0.3, 0.4) is 0 Å². The average Bonchev–Trinajstić information content (AvgIpc) is 2.53. The van der Waals surface area contributed by atoms with Crippen LogP contribution < -0.4 is 10.5 Å². The quantitative estimate of drug-likeness (QED) is 0.851. The van der Waals surface area contributed by atoms with Crippen LogP contribution in [0, 0.1) is 0 Å². The normalized spacial score (nSPS) is 15.0. The smallest absolute Gasteiger partial charge is 0.260 e. The lowest BCUT2D eigenvalue weighted by Gasteiger charge is -2.34. The Morgan fingerprint density at radius 2 is 1.57 bits per heavy atom. The fourth-order valence-corrected chi connectivity index (χ4v) is 2.37. The van der Waals surface area contributed by atoms with Gasteiger partial charge in [-0.1, -0.05) is 15.9 Å². The lowest BCUT2D eigenvalue weighted by molar-refractivity contribution is -0.140. The van der Waals surface area contributed by atoms with Gasteiger partial charge in [0.25, 0.3) is 5.91 Å². The summed E-state index contributed by atoms with van der Waals surface area (Å²) in [5.41, 5.74) is 5.32. The summed E-state index contributed by atoms with van der Waals surface area (Å²) < 4.78 is 6.42. The van der Waals surface area contributed by atoms with Crippen molar-refractivity contribution in [3.8, 4) is 5.75 Å². The van der Waals surface area contributed by atoms with Crippen molar-refractivity contribution in [1.82, 2.24) is 9.80 Å². The number of ether oxygens (including phenoxy) is 1. The van der Waals surface area contributed by atoms with Gasteiger partial charge in [0.15, 0.2) is 6.61 Å².